The molecule has 0 radical (unpaired) electrons. The van der Waals surface area contributed by atoms with Crippen molar-refractivity contribution in [1.29, 1.82) is 0 Å². The summed E-state index contributed by atoms with van der Waals surface area (Å²) in [5, 5.41) is 22.7. The van der Waals surface area contributed by atoms with Crippen LogP contribution in [0.3, 0.4) is 0 Å². The van der Waals surface area contributed by atoms with Crippen LogP contribution >= 0.6 is 0 Å². The molecule has 2 N–H and O–H groups in total. The van der Waals surface area contributed by atoms with Gasteiger partial charge in [-0.3, -0.25) is 4.79 Å². The van der Waals surface area contributed by atoms with E-state index in [-0.39, 0.29) is 39.8 Å². The lowest BCUT2D eigenvalue weighted by Crippen LogP contribution is -2.46. The zero-order chi connectivity index (χ0) is 31.2. The van der Waals surface area contributed by atoms with Gasteiger partial charge in [-0.1, -0.05) is 0 Å². The molecule has 1 amide bonds. The van der Waals surface area contributed by atoms with E-state index in [9.17, 15) is 31.9 Å². The second kappa shape index (κ2) is 11.3. The minimum Gasteiger partial charge on any atom is -0.494 e. The highest BCUT2D eigenvalue weighted by molar-refractivity contribution is 6.00. The van der Waals surface area contributed by atoms with Crippen molar-refractivity contribution in [1.82, 2.24) is 20.5 Å². The summed E-state index contributed by atoms with van der Waals surface area (Å²) in [6.07, 6.45) is -1.54. The number of carbonyl (C=O) groups is 1. The number of amides is 1. The van der Waals surface area contributed by atoms with Gasteiger partial charge in [0.05, 0.1) is 30.5 Å². The Kier molecular flexibility index (Phi) is 7.60. The highest BCUT2D eigenvalue weighted by Crippen LogP contribution is 2.47. The first-order valence-corrected chi connectivity index (χ1v) is 13.8. The van der Waals surface area contributed by atoms with Crippen LogP contribution in [0, 0.1) is 5.82 Å². The van der Waals surface area contributed by atoms with Gasteiger partial charge in [-0.25, -0.2) is 26.9 Å². The first-order valence-electron chi connectivity index (χ1n) is 13.8. The third kappa shape index (κ3) is 5.08. The molecule has 0 saturated heterocycles. The molecule has 44 heavy (non-hydrogen) atoms. The summed E-state index contributed by atoms with van der Waals surface area (Å²) in [5.74, 6) is -0.927. The zero-order valence-corrected chi connectivity index (χ0v) is 23.4. The van der Waals surface area contributed by atoms with Crippen molar-refractivity contribution in [2.24, 2.45) is 0 Å². The second-order valence-corrected chi connectivity index (χ2v) is 11.1. The average Bonchev–Trinajstić information content (AvgIpc) is 3.83. The van der Waals surface area contributed by atoms with Gasteiger partial charge in [0.15, 0.2) is 5.60 Å². The number of hydrogen-bond acceptors (Lipinski definition) is 7. The smallest absolute Gasteiger partial charge is 0.274 e. The molecule has 1 unspecified atom stereocenters. The summed E-state index contributed by atoms with van der Waals surface area (Å²) in [6.45, 7) is -3.89. The zero-order valence-electron chi connectivity index (χ0n) is 23.4. The van der Waals surface area contributed by atoms with E-state index in [4.69, 9.17) is 9.47 Å². The van der Waals surface area contributed by atoms with E-state index in [0.29, 0.717) is 10.9 Å². The lowest BCUT2D eigenvalue weighted by Gasteiger charge is -2.29. The molecule has 1 fully saturated rings. The number of aromatic nitrogens is 3. The quantitative estimate of drug-likeness (QED) is 0.238. The van der Waals surface area contributed by atoms with Gasteiger partial charge >= 0.3 is 0 Å². The van der Waals surface area contributed by atoms with Crippen molar-refractivity contribution >= 4 is 16.8 Å². The minimum atomic E-state index is -3.50. The van der Waals surface area contributed by atoms with Crippen LogP contribution in [-0.4, -0.2) is 66.2 Å². The molecule has 13 heteroatoms. The number of hydrogen-bond donors (Lipinski definition) is 2. The number of benzene rings is 2. The molecule has 1 saturated carbocycles. The molecule has 8 nitrogen and oxygen atoms in total. The van der Waals surface area contributed by atoms with Crippen molar-refractivity contribution in [2.75, 3.05) is 33.6 Å². The largest absolute Gasteiger partial charge is 0.494 e. The van der Waals surface area contributed by atoms with E-state index >= 15 is 0 Å². The maximum absolute atomic E-state index is 14.7. The van der Waals surface area contributed by atoms with Gasteiger partial charge in [-0.2, -0.15) is 5.10 Å². The van der Waals surface area contributed by atoms with E-state index in [1.165, 1.54) is 31.4 Å². The fraction of sp³-hybridized carbons (Fsp3) is 0.355. The normalized spacial score (nSPS) is 16.8. The average molecular weight is 615 g/mol. The number of rotatable bonds is 10. The van der Waals surface area contributed by atoms with E-state index in [1.807, 2.05) is 0 Å². The number of aliphatic hydroxyl groups is 1. The molecule has 6 rings (SSSR count). The molecule has 0 bridgehead atoms. The number of fused-ring (bicyclic) bond motifs is 2. The van der Waals surface area contributed by atoms with Crippen LogP contribution in [0.4, 0.5) is 22.0 Å². The summed E-state index contributed by atoms with van der Waals surface area (Å²) in [5.41, 5.74) is -4.34. The Morgan fingerprint density at radius 1 is 1.14 bits per heavy atom. The Morgan fingerprint density at radius 2 is 1.86 bits per heavy atom. The monoisotopic (exact) mass is 614 g/mol. The van der Waals surface area contributed by atoms with Gasteiger partial charge in [0, 0.05) is 28.0 Å². The predicted octanol–water partition coefficient (Wildman–Crippen LogP) is 5.17. The standard InChI is InChI=1S/C31H27F5N4O4/c1-43-23-10-19(8-18-9-22(16-2-3-16)39-40-25(18)23)28(41)37-14-31(42,29(35)36)24-11-21-27(44-15-30(21,12-32)13-33)26(38-24)17-4-6-20(34)7-5-17/h4-11,16,29,42H,2-3,12-15H2,1H3,(H,37,41). The van der Waals surface area contributed by atoms with Crippen molar-refractivity contribution in [3.8, 4) is 22.8 Å². The van der Waals surface area contributed by atoms with Gasteiger partial charge < -0.3 is 19.9 Å². The van der Waals surface area contributed by atoms with Crippen molar-refractivity contribution in [2.45, 2.75) is 36.2 Å². The number of nitrogens with zero attached hydrogens (tertiary/aromatic N) is 3. The maximum atomic E-state index is 14.7. The van der Waals surface area contributed by atoms with Crippen LogP contribution < -0.4 is 14.8 Å². The van der Waals surface area contributed by atoms with E-state index in [0.717, 1.165) is 36.7 Å². The number of alkyl halides is 4. The van der Waals surface area contributed by atoms with Crippen LogP contribution in [0.5, 0.6) is 11.5 Å². The Morgan fingerprint density at radius 3 is 2.50 bits per heavy atom. The topological polar surface area (TPSA) is 106 Å². The van der Waals surface area contributed by atoms with Crippen LogP contribution in [0.15, 0.2) is 48.5 Å². The van der Waals surface area contributed by atoms with Gasteiger partial charge in [0.25, 0.3) is 12.3 Å². The van der Waals surface area contributed by atoms with Crippen LogP contribution in [0.25, 0.3) is 22.2 Å². The molecule has 4 aromatic rings. The lowest BCUT2D eigenvalue weighted by molar-refractivity contribution is -0.101. The Hall–Kier alpha value is -4.39. The second-order valence-electron chi connectivity index (χ2n) is 11.1. The molecular formula is C31H27F5N4O4. The number of halogens is 5. The first kappa shape index (κ1) is 29.7. The third-order valence-electron chi connectivity index (χ3n) is 8.14. The fourth-order valence-electron chi connectivity index (χ4n) is 5.25. The van der Waals surface area contributed by atoms with Crippen LogP contribution in [0.1, 0.15) is 46.1 Å². The van der Waals surface area contributed by atoms with Gasteiger partial charge in [0.2, 0.25) is 0 Å². The molecule has 1 atom stereocenters. The number of pyridine rings is 1. The molecular weight excluding hydrogens is 587 g/mol. The number of carbonyl (C=O) groups excluding carboxylic acids is 1. The molecule has 3 heterocycles. The van der Waals surface area contributed by atoms with E-state index in [2.05, 4.69) is 20.5 Å². The molecule has 1 aliphatic carbocycles. The van der Waals surface area contributed by atoms with Gasteiger partial charge in [-0.05, 0) is 61.4 Å². The molecule has 2 aliphatic rings. The van der Waals surface area contributed by atoms with Crippen molar-refractivity contribution in [3.63, 3.8) is 0 Å². The Balaban J connectivity index is 1.37. The Labute approximate surface area is 248 Å². The summed E-state index contributed by atoms with van der Waals surface area (Å²) >= 11 is 0. The van der Waals surface area contributed by atoms with Gasteiger partial charge in [0.1, 0.15) is 48.5 Å². The third-order valence-corrected chi connectivity index (χ3v) is 8.14. The summed E-state index contributed by atoms with van der Waals surface area (Å²) < 4.78 is 82.4. The number of methoxy groups -OCH3 is 1. The number of ether oxygens (including phenoxy) is 2. The van der Waals surface area contributed by atoms with Crippen LogP contribution in [0.2, 0.25) is 0 Å². The predicted molar refractivity (Wildman–Crippen MR) is 149 cm³/mol. The first-order chi connectivity index (χ1) is 21.1. The van der Waals surface area contributed by atoms with E-state index in [1.54, 1.807) is 6.07 Å². The van der Waals surface area contributed by atoms with Crippen molar-refractivity contribution in [3.05, 3.63) is 76.9 Å². The summed E-state index contributed by atoms with van der Waals surface area (Å²) in [7, 11) is 1.39. The highest BCUT2D eigenvalue weighted by Gasteiger charge is 2.48. The molecule has 2 aromatic carbocycles. The number of nitrogens with one attached hydrogen (secondary N) is 1. The van der Waals surface area contributed by atoms with E-state index < -0.39 is 61.4 Å². The maximum Gasteiger partial charge on any atom is 0.274 e. The highest BCUT2D eigenvalue weighted by atomic mass is 19.3. The molecule has 0 spiro atoms. The SMILES string of the molecule is COc1cc(C(=O)NCC(O)(c2cc3c(c(-c4ccc(F)cc4)n2)OCC3(CF)CF)C(F)F)cc2cc(C3CC3)nnc12. The lowest BCUT2D eigenvalue weighted by atomic mass is 9.83. The summed E-state index contributed by atoms with van der Waals surface area (Å²) in [4.78, 5) is 17.5. The van der Waals surface area contributed by atoms with Crippen molar-refractivity contribution < 1.29 is 41.3 Å². The Bertz CT molecular complexity index is 1730. The fourth-order valence-corrected chi connectivity index (χ4v) is 5.25. The molecule has 2 aromatic heterocycles. The summed E-state index contributed by atoms with van der Waals surface area (Å²) in [6, 6.07) is 10.5. The van der Waals surface area contributed by atoms with Gasteiger partial charge in [-0.15, -0.1) is 5.10 Å². The minimum absolute atomic E-state index is 0.0527. The molecule has 230 valence electrons. The van der Waals surface area contributed by atoms with Crippen LogP contribution in [-0.2, 0) is 11.0 Å². The molecule has 1 aliphatic heterocycles.